The van der Waals surface area contributed by atoms with Crippen LogP contribution in [0.2, 0.25) is 0 Å². The predicted molar refractivity (Wildman–Crippen MR) is 190 cm³/mol. The normalized spacial score (nSPS) is 12.3. The van der Waals surface area contributed by atoms with Gasteiger partial charge in [-0.05, 0) is 86.7 Å². The molecule has 0 amide bonds. The highest BCUT2D eigenvalue weighted by Crippen LogP contribution is 2.40. The van der Waals surface area contributed by atoms with Gasteiger partial charge in [-0.25, -0.2) is 0 Å². The molecule has 0 saturated heterocycles. The lowest BCUT2D eigenvalue weighted by Crippen LogP contribution is -2.05. The van der Waals surface area contributed by atoms with Gasteiger partial charge in [-0.1, -0.05) is 95.0 Å². The number of nitrogens with one attached hydrogen (secondary N) is 1. The third-order valence-corrected chi connectivity index (χ3v) is 6.58. The number of nitrogens with zero attached hydrogens (tertiary/aromatic N) is 1. The molecule has 0 radical (unpaired) electrons. The van der Waals surface area contributed by atoms with Crippen LogP contribution in [0.5, 0.6) is 0 Å². The van der Waals surface area contributed by atoms with Gasteiger partial charge in [0.05, 0.1) is 11.3 Å². The highest BCUT2D eigenvalue weighted by molar-refractivity contribution is 6.01. The van der Waals surface area contributed by atoms with E-state index in [1.165, 1.54) is 24.5 Å². The molecule has 1 heterocycles. The van der Waals surface area contributed by atoms with E-state index in [1.807, 2.05) is 76.5 Å². The number of aryl methyl sites for hydroxylation is 1. The fraction of sp³-hybridized carbons (Fsp3) is 0.333. The number of halogens is 3. The zero-order valence-corrected chi connectivity index (χ0v) is 28.2. The summed E-state index contributed by atoms with van der Waals surface area (Å²) in [7, 11) is 1.78. The molecular formula is C39H53F3N2. The van der Waals surface area contributed by atoms with Crippen LogP contribution in [0, 0.1) is 12.8 Å². The van der Waals surface area contributed by atoms with Crippen LogP contribution in [0.3, 0.4) is 0 Å². The first-order chi connectivity index (χ1) is 21.0. The second-order valence-electron chi connectivity index (χ2n) is 9.90. The molecule has 240 valence electrons. The third kappa shape index (κ3) is 11.6. The second-order valence-corrected chi connectivity index (χ2v) is 9.90. The molecule has 0 bridgehead atoms. The summed E-state index contributed by atoms with van der Waals surface area (Å²) in [6.07, 6.45) is 5.41. The van der Waals surface area contributed by atoms with Gasteiger partial charge in [-0.2, -0.15) is 13.2 Å². The molecule has 1 N–H and O–H groups in total. The summed E-state index contributed by atoms with van der Waals surface area (Å²) in [6, 6.07) is 12.0. The molecule has 1 aromatic heterocycles. The minimum Gasteiger partial charge on any atom is -0.394 e. The Labute approximate surface area is 265 Å². The number of fused-ring (bicyclic) bond motifs is 1. The summed E-state index contributed by atoms with van der Waals surface area (Å²) in [5, 5.41) is 3.44. The first-order valence-corrected chi connectivity index (χ1v) is 15.2. The molecule has 3 aromatic rings. The van der Waals surface area contributed by atoms with E-state index in [0.717, 1.165) is 45.5 Å². The van der Waals surface area contributed by atoms with Gasteiger partial charge in [0.15, 0.2) is 0 Å². The average molecular weight is 607 g/mol. The Bertz CT molecular complexity index is 1400. The first kappa shape index (κ1) is 40.0. The maximum Gasteiger partial charge on any atom is 0.416 e. The van der Waals surface area contributed by atoms with Crippen LogP contribution in [-0.4, -0.2) is 11.6 Å². The molecule has 0 atom stereocenters. The number of benzene rings is 2. The lowest BCUT2D eigenvalue weighted by Gasteiger charge is -2.13. The van der Waals surface area contributed by atoms with Gasteiger partial charge in [0, 0.05) is 30.1 Å². The maximum atomic E-state index is 13.6. The molecule has 5 heteroatoms. The summed E-state index contributed by atoms with van der Waals surface area (Å²) >= 11 is 0. The quantitative estimate of drug-likeness (QED) is 0.199. The first-order valence-electron chi connectivity index (χ1n) is 15.2. The van der Waals surface area contributed by atoms with E-state index in [1.54, 1.807) is 31.5 Å². The SMILES string of the molecule is C=C.C=C(C)C1CC1.C=C/C(=C\C=C/NC)c1c(C(=C)C)n(Cc2ccc(C)cc2)c2ccc(C(F)(F)F)cc12.CC.CC. The van der Waals surface area contributed by atoms with Crippen molar-refractivity contribution < 1.29 is 13.2 Å². The molecule has 2 aromatic carbocycles. The Kier molecular flexibility index (Phi) is 18.2. The minimum absolute atomic E-state index is 0.515. The zero-order valence-electron chi connectivity index (χ0n) is 28.2. The van der Waals surface area contributed by atoms with Gasteiger partial charge in [0.2, 0.25) is 0 Å². The molecular weight excluding hydrogens is 553 g/mol. The van der Waals surface area contributed by atoms with Crippen LogP contribution in [0.4, 0.5) is 13.2 Å². The number of aromatic nitrogens is 1. The predicted octanol–water partition coefficient (Wildman–Crippen LogP) is 12.2. The van der Waals surface area contributed by atoms with Crippen LogP contribution in [0.1, 0.15) is 82.3 Å². The summed E-state index contributed by atoms with van der Waals surface area (Å²) in [4.78, 5) is 0. The van der Waals surface area contributed by atoms with Crippen molar-refractivity contribution in [1.82, 2.24) is 9.88 Å². The molecule has 2 nitrogen and oxygen atoms in total. The highest BCUT2D eigenvalue weighted by atomic mass is 19.4. The minimum atomic E-state index is -4.43. The zero-order chi connectivity index (χ0) is 34.0. The lowest BCUT2D eigenvalue weighted by atomic mass is 9.97. The van der Waals surface area contributed by atoms with E-state index < -0.39 is 11.7 Å². The van der Waals surface area contributed by atoms with Gasteiger partial charge in [0.1, 0.15) is 0 Å². The number of rotatable bonds is 8. The van der Waals surface area contributed by atoms with Crippen molar-refractivity contribution in [2.75, 3.05) is 7.05 Å². The van der Waals surface area contributed by atoms with Crippen LogP contribution in [0.15, 0.2) is 105 Å². The molecule has 0 unspecified atom stereocenters. The van der Waals surface area contributed by atoms with Crippen molar-refractivity contribution in [3.63, 3.8) is 0 Å². The van der Waals surface area contributed by atoms with Gasteiger partial charge in [-0.15, -0.1) is 13.2 Å². The van der Waals surface area contributed by atoms with Crippen LogP contribution >= 0.6 is 0 Å². The summed E-state index contributed by atoms with van der Waals surface area (Å²) < 4.78 is 42.7. The Balaban J connectivity index is 0.00000132. The Morgan fingerprint density at radius 3 is 1.95 bits per heavy atom. The van der Waals surface area contributed by atoms with Crippen molar-refractivity contribution in [2.45, 2.75) is 74.0 Å². The van der Waals surface area contributed by atoms with Crippen molar-refractivity contribution in [2.24, 2.45) is 5.92 Å². The molecule has 44 heavy (non-hydrogen) atoms. The number of alkyl halides is 3. The largest absolute Gasteiger partial charge is 0.416 e. The molecule has 1 saturated carbocycles. The van der Waals surface area contributed by atoms with Gasteiger partial charge in [-0.3, -0.25) is 0 Å². The topological polar surface area (TPSA) is 17.0 Å². The smallest absolute Gasteiger partial charge is 0.394 e. The average Bonchev–Trinajstić information content (AvgIpc) is 3.83. The molecule has 4 rings (SSSR count). The van der Waals surface area contributed by atoms with E-state index >= 15 is 0 Å². The van der Waals surface area contributed by atoms with Crippen molar-refractivity contribution >= 4 is 22.0 Å². The van der Waals surface area contributed by atoms with Gasteiger partial charge >= 0.3 is 6.18 Å². The fourth-order valence-electron chi connectivity index (χ4n) is 4.38. The van der Waals surface area contributed by atoms with Crippen LogP contribution in [0.25, 0.3) is 22.0 Å². The summed E-state index contributed by atoms with van der Waals surface area (Å²) in [5.41, 5.74) is 6.60. The van der Waals surface area contributed by atoms with Gasteiger partial charge < -0.3 is 9.88 Å². The molecule has 1 aliphatic rings. The molecule has 0 spiro atoms. The van der Waals surface area contributed by atoms with Crippen molar-refractivity contribution in [3.8, 4) is 0 Å². The lowest BCUT2D eigenvalue weighted by molar-refractivity contribution is -0.137. The van der Waals surface area contributed by atoms with E-state index in [0.29, 0.717) is 17.5 Å². The highest BCUT2D eigenvalue weighted by Gasteiger charge is 2.32. The maximum absolute atomic E-state index is 13.6. The van der Waals surface area contributed by atoms with E-state index in [2.05, 4.69) is 45.1 Å². The number of allylic oxidation sites excluding steroid dienone is 6. The molecule has 1 aliphatic carbocycles. The Morgan fingerprint density at radius 2 is 1.55 bits per heavy atom. The fourth-order valence-corrected chi connectivity index (χ4v) is 4.38. The third-order valence-electron chi connectivity index (χ3n) is 6.58. The van der Waals surface area contributed by atoms with E-state index in [4.69, 9.17) is 0 Å². The Morgan fingerprint density at radius 1 is 0.977 bits per heavy atom. The van der Waals surface area contributed by atoms with Crippen LogP contribution < -0.4 is 5.32 Å². The van der Waals surface area contributed by atoms with Gasteiger partial charge in [0.25, 0.3) is 0 Å². The van der Waals surface area contributed by atoms with Crippen molar-refractivity contribution in [3.05, 3.63) is 133 Å². The van der Waals surface area contributed by atoms with Crippen LogP contribution in [-0.2, 0) is 12.7 Å². The van der Waals surface area contributed by atoms with Crippen molar-refractivity contribution in [1.29, 1.82) is 0 Å². The monoisotopic (exact) mass is 606 g/mol. The van der Waals surface area contributed by atoms with E-state index in [9.17, 15) is 13.2 Å². The standard InChI is InChI=1S/C27H27F3N2.C6H10.2C2H6.C2H4/c1-6-21(8-7-15-31-5)25-23-16-22(27(28,29)30)13-14-24(23)32(26(25)18(2)3)17-20-11-9-19(4)10-12-20;1-5(2)6-3-4-6;3*1-2/h6-16,31H,1-2,17H2,3-5H3;6H,1,3-4H2,2H3;2*1-2H3;1-2H2/b15-7-,21-8+;;;;. The van der Waals surface area contributed by atoms with E-state index in [-0.39, 0.29) is 0 Å². The summed E-state index contributed by atoms with van der Waals surface area (Å²) in [6.45, 7) is 32.4. The number of hydrogen-bond acceptors (Lipinski definition) is 1. The summed E-state index contributed by atoms with van der Waals surface area (Å²) in [5.74, 6) is 0.907. The Hall–Kier alpha value is -3.99. The molecule has 0 aliphatic heterocycles. The second kappa shape index (κ2) is 20.1. The number of hydrogen-bond donors (Lipinski definition) is 1. The molecule has 1 fully saturated rings.